The van der Waals surface area contributed by atoms with Crippen molar-refractivity contribution in [2.75, 3.05) is 6.61 Å². The van der Waals surface area contributed by atoms with Crippen molar-refractivity contribution < 1.29 is 18.7 Å². The van der Waals surface area contributed by atoms with E-state index in [9.17, 15) is 23.2 Å². The van der Waals surface area contributed by atoms with E-state index < -0.39 is 35.3 Å². The van der Waals surface area contributed by atoms with Gasteiger partial charge in [-0.05, 0) is 35.9 Å². The Morgan fingerprint density at radius 2 is 1.65 bits per heavy atom. The Morgan fingerprint density at radius 3 is 2.32 bits per heavy atom. The van der Waals surface area contributed by atoms with Crippen LogP contribution >= 0.6 is 0 Å². The van der Waals surface area contributed by atoms with Gasteiger partial charge in [0.1, 0.15) is 18.2 Å². The van der Waals surface area contributed by atoms with Gasteiger partial charge in [0.25, 0.3) is 5.56 Å². The Labute approximate surface area is 174 Å². The Morgan fingerprint density at radius 1 is 0.935 bits per heavy atom. The molecule has 31 heavy (non-hydrogen) atoms. The lowest BCUT2D eigenvalue weighted by Gasteiger charge is -2.15. The molecular weight excluding hydrogens is 406 g/mol. The van der Waals surface area contributed by atoms with Crippen molar-refractivity contribution in [2.24, 2.45) is 0 Å². The first kappa shape index (κ1) is 20.4. The molecule has 0 saturated heterocycles. The maximum atomic E-state index is 14.4. The third kappa shape index (κ3) is 3.69. The van der Waals surface area contributed by atoms with Crippen LogP contribution in [0.3, 0.4) is 0 Å². The highest BCUT2D eigenvalue weighted by atomic mass is 19.1. The topological polar surface area (TPSA) is 81.3 Å². The standard InChI is InChI=1S/C23H16F2N2O4/c24-16-9-10-17-20(11-16)26(12-14-5-7-15(8-6-14)21(29)13-28)23(31)27(22(17)30)19-4-2-1-3-18(19)25/h1-11,28H,12-13H2. The summed E-state index contributed by atoms with van der Waals surface area (Å²) in [5.74, 6) is -1.83. The number of benzene rings is 3. The molecule has 0 aliphatic heterocycles. The average molecular weight is 422 g/mol. The van der Waals surface area contributed by atoms with Gasteiger partial charge in [-0.1, -0.05) is 36.4 Å². The molecule has 0 spiro atoms. The van der Waals surface area contributed by atoms with E-state index in [2.05, 4.69) is 0 Å². The number of hydrogen-bond acceptors (Lipinski definition) is 4. The highest BCUT2D eigenvalue weighted by Crippen LogP contribution is 2.16. The number of carbonyl (C=O) groups excluding carboxylic acids is 1. The number of rotatable bonds is 5. The van der Waals surface area contributed by atoms with Crippen LogP contribution in [0.15, 0.2) is 76.3 Å². The minimum atomic E-state index is -0.830. The molecular formula is C23H16F2N2O4. The van der Waals surface area contributed by atoms with E-state index in [4.69, 9.17) is 5.11 Å². The zero-order valence-electron chi connectivity index (χ0n) is 16.1. The number of ketones is 1. The molecule has 6 nitrogen and oxygen atoms in total. The van der Waals surface area contributed by atoms with Gasteiger partial charge < -0.3 is 5.11 Å². The molecule has 8 heteroatoms. The fourth-order valence-electron chi connectivity index (χ4n) is 3.41. The number of halogens is 2. The van der Waals surface area contributed by atoms with Gasteiger partial charge in [-0.3, -0.25) is 14.2 Å². The lowest BCUT2D eigenvalue weighted by atomic mass is 10.1. The van der Waals surface area contributed by atoms with Crippen LogP contribution in [-0.4, -0.2) is 26.6 Å². The molecule has 0 amide bonds. The molecule has 0 aliphatic rings. The molecule has 0 aliphatic carbocycles. The van der Waals surface area contributed by atoms with Gasteiger partial charge in [0, 0.05) is 5.56 Å². The van der Waals surface area contributed by atoms with Gasteiger partial charge in [0.05, 0.1) is 23.1 Å². The van der Waals surface area contributed by atoms with Crippen LogP contribution in [0.5, 0.6) is 0 Å². The van der Waals surface area contributed by atoms with Crippen LogP contribution in [-0.2, 0) is 6.54 Å². The molecule has 0 fully saturated rings. The summed E-state index contributed by atoms with van der Waals surface area (Å²) in [6, 6.07) is 15.0. The summed E-state index contributed by atoms with van der Waals surface area (Å²) >= 11 is 0. The van der Waals surface area contributed by atoms with Gasteiger partial charge >= 0.3 is 5.69 Å². The smallest absolute Gasteiger partial charge is 0.336 e. The number of aliphatic hydroxyl groups excluding tert-OH is 1. The van der Waals surface area contributed by atoms with E-state index in [1.807, 2.05) is 0 Å². The monoisotopic (exact) mass is 422 g/mol. The largest absolute Gasteiger partial charge is 0.388 e. The van der Waals surface area contributed by atoms with Crippen molar-refractivity contribution in [3.63, 3.8) is 0 Å². The number of fused-ring (bicyclic) bond motifs is 1. The molecule has 0 saturated carbocycles. The molecule has 0 unspecified atom stereocenters. The van der Waals surface area contributed by atoms with Crippen LogP contribution in [0.2, 0.25) is 0 Å². The summed E-state index contributed by atoms with van der Waals surface area (Å²) in [5, 5.41) is 9.02. The quantitative estimate of drug-likeness (QED) is 0.502. The number of hydrogen-bond donors (Lipinski definition) is 1. The van der Waals surface area contributed by atoms with E-state index in [0.717, 1.165) is 22.8 Å². The molecule has 0 atom stereocenters. The zero-order valence-corrected chi connectivity index (χ0v) is 16.1. The van der Waals surface area contributed by atoms with E-state index >= 15 is 0 Å². The molecule has 4 aromatic rings. The summed E-state index contributed by atoms with van der Waals surface area (Å²) in [5.41, 5.74) is -0.847. The maximum Gasteiger partial charge on any atom is 0.336 e. The first-order chi connectivity index (χ1) is 14.9. The van der Waals surface area contributed by atoms with Gasteiger partial charge in [0.2, 0.25) is 0 Å². The van der Waals surface area contributed by atoms with E-state index in [0.29, 0.717) is 11.1 Å². The Bertz CT molecular complexity index is 1420. The molecule has 1 N–H and O–H groups in total. The number of para-hydroxylation sites is 1. The van der Waals surface area contributed by atoms with Gasteiger partial charge in [-0.25, -0.2) is 18.1 Å². The second-order valence-electron chi connectivity index (χ2n) is 6.90. The SMILES string of the molecule is O=C(CO)c1ccc(Cn2c(=O)n(-c3ccccc3F)c(=O)c3ccc(F)cc32)cc1. The van der Waals surface area contributed by atoms with Gasteiger partial charge in [0.15, 0.2) is 5.78 Å². The van der Waals surface area contributed by atoms with Gasteiger partial charge in [-0.2, -0.15) is 0 Å². The first-order valence-electron chi connectivity index (χ1n) is 9.33. The van der Waals surface area contributed by atoms with Gasteiger partial charge in [-0.15, -0.1) is 0 Å². The van der Waals surface area contributed by atoms with E-state index in [-0.39, 0.29) is 23.1 Å². The Kier molecular flexibility index (Phi) is 5.31. The zero-order chi connectivity index (χ0) is 22.1. The van der Waals surface area contributed by atoms with Crippen molar-refractivity contribution in [2.45, 2.75) is 6.54 Å². The van der Waals surface area contributed by atoms with Crippen LogP contribution in [0.4, 0.5) is 8.78 Å². The third-order valence-corrected chi connectivity index (χ3v) is 4.96. The molecule has 0 radical (unpaired) electrons. The molecule has 1 aromatic heterocycles. The maximum absolute atomic E-state index is 14.4. The minimum Gasteiger partial charge on any atom is -0.388 e. The number of Topliss-reactive ketones (excluding diaryl/α,β-unsaturated/α-hetero) is 1. The van der Waals surface area contributed by atoms with Crippen molar-refractivity contribution >= 4 is 16.7 Å². The summed E-state index contributed by atoms with van der Waals surface area (Å²) in [4.78, 5) is 37.8. The normalized spacial score (nSPS) is 11.1. The third-order valence-electron chi connectivity index (χ3n) is 4.96. The first-order valence-corrected chi connectivity index (χ1v) is 9.33. The van der Waals surface area contributed by atoms with Crippen LogP contribution in [0.1, 0.15) is 15.9 Å². The molecule has 156 valence electrons. The van der Waals surface area contributed by atoms with Crippen molar-refractivity contribution in [3.8, 4) is 5.69 Å². The lowest BCUT2D eigenvalue weighted by molar-refractivity contribution is 0.0903. The van der Waals surface area contributed by atoms with Crippen molar-refractivity contribution in [3.05, 3.63) is 110 Å². The highest BCUT2D eigenvalue weighted by Gasteiger charge is 2.17. The number of carbonyl (C=O) groups is 1. The summed E-state index contributed by atoms with van der Waals surface area (Å²) in [7, 11) is 0. The second-order valence-corrected chi connectivity index (χ2v) is 6.90. The fraction of sp³-hybridized carbons (Fsp3) is 0.0870. The molecule has 1 heterocycles. The predicted octanol–water partition coefficient (Wildman–Crippen LogP) is 2.65. The summed E-state index contributed by atoms with van der Waals surface area (Å²) in [6.07, 6.45) is 0. The van der Waals surface area contributed by atoms with Crippen LogP contribution in [0.25, 0.3) is 16.6 Å². The number of aromatic nitrogens is 2. The van der Waals surface area contributed by atoms with Crippen molar-refractivity contribution in [1.29, 1.82) is 0 Å². The average Bonchev–Trinajstić information content (AvgIpc) is 2.77. The Balaban J connectivity index is 1.95. The highest BCUT2D eigenvalue weighted by molar-refractivity contribution is 5.96. The lowest BCUT2D eigenvalue weighted by Crippen LogP contribution is -2.39. The Hall–Kier alpha value is -3.91. The minimum absolute atomic E-state index is 0.0522. The second kappa shape index (κ2) is 8.08. The number of aliphatic hydroxyl groups is 1. The molecule has 3 aromatic carbocycles. The number of nitrogens with zero attached hydrogens (tertiary/aromatic N) is 2. The van der Waals surface area contributed by atoms with Crippen molar-refractivity contribution in [1.82, 2.24) is 9.13 Å². The van der Waals surface area contributed by atoms with E-state index in [1.54, 1.807) is 12.1 Å². The summed E-state index contributed by atoms with van der Waals surface area (Å²) in [6.45, 7) is -0.683. The molecule has 4 rings (SSSR count). The van der Waals surface area contributed by atoms with E-state index in [1.165, 1.54) is 41.0 Å². The predicted molar refractivity (Wildman–Crippen MR) is 111 cm³/mol. The fourth-order valence-corrected chi connectivity index (χ4v) is 3.41. The van der Waals surface area contributed by atoms with Crippen LogP contribution < -0.4 is 11.2 Å². The van der Waals surface area contributed by atoms with Crippen LogP contribution in [0, 0.1) is 11.6 Å². The molecule has 0 bridgehead atoms. The summed E-state index contributed by atoms with van der Waals surface area (Å²) < 4.78 is 30.2.